The maximum Gasteiger partial charge on any atom is 0.256 e. The van der Waals surface area contributed by atoms with E-state index in [0.29, 0.717) is 40.1 Å². The Morgan fingerprint density at radius 1 is 1.45 bits per heavy atom. The molecular formula is C22H25FN4O2. The number of pyridine rings is 1. The average molecular weight is 396 g/mol. The number of hydrogen-bond acceptors (Lipinski definition) is 5. The third kappa shape index (κ3) is 4.05. The van der Waals surface area contributed by atoms with E-state index in [1.807, 2.05) is 0 Å². The molecular weight excluding hydrogens is 371 g/mol. The molecule has 0 saturated heterocycles. The molecule has 0 spiro atoms. The van der Waals surface area contributed by atoms with Crippen LogP contribution in [0.15, 0.2) is 41.2 Å². The number of carbonyl (C=O) groups is 1. The molecule has 6 nitrogen and oxygen atoms in total. The van der Waals surface area contributed by atoms with E-state index < -0.39 is 11.4 Å². The molecule has 0 unspecified atom stereocenters. The largest absolute Gasteiger partial charge is 0.399 e. The van der Waals surface area contributed by atoms with Gasteiger partial charge >= 0.3 is 0 Å². The topological polar surface area (TPSA) is 91.8 Å². The number of nitrogens with zero attached hydrogens (tertiary/aromatic N) is 3. The zero-order valence-electron chi connectivity index (χ0n) is 17.0. The van der Waals surface area contributed by atoms with Gasteiger partial charge in [-0.2, -0.15) is 0 Å². The van der Waals surface area contributed by atoms with Gasteiger partial charge in [-0.25, -0.2) is 4.39 Å². The highest BCUT2D eigenvalue weighted by Crippen LogP contribution is 2.28. The van der Waals surface area contributed by atoms with Gasteiger partial charge in [0.05, 0.1) is 23.4 Å². The Hall–Kier alpha value is -3.06. The Bertz CT molecular complexity index is 999. The van der Waals surface area contributed by atoms with Crippen LogP contribution < -0.4 is 5.73 Å². The second-order valence-corrected chi connectivity index (χ2v) is 7.69. The molecule has 0 fully saturated rings. The van der Waals surface area contributed by atoms with Gasteiger partial charge in [-0.05, 0) is 50.1 Å². The lowest BCUT2D eigenvalue weighted by Crippen LogP contribution is -2.29. The summed E-state index contributed by atoms with van der Waals surface area (Å²) >= 11 is 0. The smallest absolute Gasteiger partial charge is 0.256 e. The van der Waals surface area contributed by atoms with Crippen LogP contribution in [0.5, 0.6) is 0 Å². The first-order chi connectivity index (χ1) is 13.6. The van der Waals surface area contributed by atoms with Gasteiger partial charge in [0.1, 0.15) is 5.82 Å². The standard InChI is InChI=1S/C22H25FN4O2/c1-13-8-14(16(10-25-4)20(24)22(2,3)29)9-18(23)17(13)11-27-12-19-15(21(27)28)6-5-7-26-19/h5-10,29H,11-12,24H2,1-4H3/b20-16+,25-10?. The molecule has 1 aromatic carbocycles. The number of aromatic nitrogens is 1. The van der Waals surface area contributed by atoms with Crippen molar-refractivity contribution < 1.29 is 14.3 Å². The normalized spacial score (nSPS) is 15.1. The minimum Gasteiger partial charge on any atom is -0.399 e. The van der Waals surface area contributed by atoms with Crippen LogP contribution in [0, 0.1) is 12.7 Å². The third-order valence-corrected chi connectivity index (χ3v) is 5.03. The minimum atomic E-state index is -1.28. The molecule has 29 heavy (non-hydrogen) atoms. The molecule has 2 aromatic rings. The van der Waals surface area contributed by atoms with E-state index in [4.69, 9.17) is 5.73 Å². The Labute approximate surface area is 169 Å². The van der Waals surface area contributed by atoms with E-state index in [1.54, 1.807) is 57.1 Å². The second kappa shape index (κ2) is 7.75. The summed E-state index contributed by atoms with van der Waals surface area (Å²) in [4.78, 5) is 22.4. The van der Waals surface area contributed by atoms with Crippen molar-refractivity contribution in [2.24, 2.45) is 10.7 Å². The van der Waals surface area contributed by atoms with Crippen LogP contribution >= 0.6 is 0 Å². The number of amides is 1. The molecule has 0 saturated carbocycles. The molecule has 1 aliphatic heterocycles. The molecule has 1 aromatic heterocycles. The number of benzene rings is 1. The number of rotatable bonds is 5. The van der Waals surface area contributed by atoms with E-state index in [1.165, 1.54) is 12.3 Å². The van der Waals surface area contributed by atoms with E-state index in [9.17, 15) is 9.90 Å². The summed E-state index contributed by atoms with van der Waals surface area (Å²) in [6, 6.07) is 6.61. The number of allylic oxidation sites excluding steroid dienone is 1. The predicted molar refractivity (Wildman–Crippen MR) is 111 cm³/mol. The lowest BCUT2D eigenvalue weighted by Gasteiger charge is -2.22. The fourth-order valence-electron chi connectivity index (χ4n) is 3.39. The van der Waals surface area contributed by atoms with Gasteiger partial charge in [-0.3, -0.25) is 14.8 Å². The SMILES string of the molecule is CN=C/C(=C(\N)C(C)(C)O)c1cc(C)c(CN2Cc3ncccc3C2=O)c(F)c1. The first-order valence-electron chi connectivity index (χ1n) is 9.30. The monoisotopic (exact) mass is 396 g/mol. The number of aryl methyl sites for hydroxylation is 1. The molecule has 3 N–H and O–H groups in total. The summed E-state index contributed by atoms with van der Waals surface area (Å²) in [6.45, 7) is 5.42. The Morgan fingerprint density at radius 3 is 2.76 bits per heavy atom. The number of aliphatic imine (C=N–C) groups is 1. The van der Waals surface area contributed by atoms with Gasteiger partial charge in [0.25, 0.3) is 5.91 Å². The molecule has 1 amide bonds. The van der Waals surface area contributed by atoms with Crippen LogP contribution in [-0.2, 0) is 13.1 Å². The molecule has 152 valence electrons. The van der Waals surface area contributed by atoms with Crippen LogP contribution in [-0.4, -0.2) is 39.8 Å². The van der Waals surface area contributed by atoms with Crippen molar-refractivity contribution in [2.75, 3.05) is 7.05 Å². The summed E-state index contributed by atoms with van der Waals surface area (Å²) in [5.41, 5.74) is 8.39. The molecule has 1 aliphatic rings. The lowest BCUT2D eigenvalue weighted by atomic mass is 9.93. The van der Waals surface area contributed by atoms with Gasteiger partial charge in [-0.15, -0.1) is 0 Å². The van der Waals surface area contributed by atoms with Crippen molar-refractivity contribution in [3.63, 3.8) is 0 Å². The zero-order chi connectivity index (χ0) is 21.3. The second-order valence-electron chi connectivity index (χ2n) is 7.69. The summed E-state index contributed by atoms with van der Waals surface area (Å²) in [6.07, 6.45) is 3.15. The van der Waals surface area contributed by atoms with Crippen molar-refractivity contribution in [3.8, 4) is 0 Å². The van der Waals surface area contributed by atoms with Crippen molar-refractivity contribution in [3.05, 3.63) is 69.9 Å². The lowest BCUT2D eigenvalue weighted by molar-refractivity contribution is 0.0764. The highest BCUT2D eigenvalue weighted by molar-refractivity contribution is 6.11. The highest BCUT2D eigenvalue weighted by atomic mass is 19.1. The van der Waals surface area contributed by atoms with Crippen LogP contribution in [0.1, 0.15) is 46.6 Å². The number of nitrogens with two attached hydrogens (primary N) is 1. The first kappa shape index (κ1) is 20.7. The molecule has 0 aliphatic carbocycles. The van der Waals surface area contributed by atoms with Gasteiger partial charge in [0.15, 0.2) is 0 Å². The fraction of sp³-hybridized carbons (Fsp3) is 0.318. The molecule has 2 heterocycles. The minimum absolute atomic E-state index is 0.148. The molecule has 0 radical (unpaired) electrons. The van der Waals surface area contributed by atoms with Crippen LogP contribution in [0.2, 0.25) is 0 Å². The number of halogens is 1. The quantitative estimate of drug-likeness (QED) is 0.760. The third-order valence-electron chi connectivity index (χ3n) is 5.03. The van der Waals surface area contributed by atoms with Gasteiger partial charge in [0.2, 0.25) is 0 Å². The summed E-state index contributed by atoms with van der Waals surface area (Å²) in [5.74, 6) is -0.594. The maximum atomic E-state index is 15.1. The predicted octanol–water partition coefficient (Wildman–Crippen LogP) is 2.83. The van der Waals surface area contributed by atoms with Gasteiger partial charge < -0.3 is 15.7 Å². The van der Waals surface area contributed by atoms with Gasteiger partial charge in [-0.1, -0.05) is 6.07 Å². The first-order valence-corrected chi connectivity index (χ1v) is 9.30. The number of aliphatic hydroxyl groups is 1. The number of fused-ring (bicyclic) bond motifs is 1. The number of carbonyl (C=O) groups excluding carboxylic acids is 1. The van der Waals surface area contributed by atoms with Crippen LogP contribution in [0.3, 0.4) is 0 Å². The average Bonchev–Trinajstić information content (AvgIpc) is 2.97. The number of hydrogen-bond donors (Lipinski definition) is 2. The molecule has 3 rings (SSSR count). The van der Waals surface area contributed by atoms with Crippen molar-refractivity contribution in [1.82, 2.24) is 9.88 Å². The Kier molecular flexibility index (Phi) is 5.53. The van der Waals surface area contributed by atoms with E-state index in [-0.39, 0.29) is 18.1 Å². The fourth-order valence-corrected chi connectivity index (χ4v) is 3.39. The summed E-state index contributed by atoms with van der Waals surface area (Å²) in [7, 11) is 1.58. The van der Waals surface area contributed by atoms with E-state index >= 15 is 4.39 Å². The van der Waals surface area contributed by atoms with Crippen molar-refractivity contribution in [1.29, 1.82) is 0 Å². The van der Waals surface area contributed by atoms with Crippen molar-refractivity contribution in [2.45, 2.75) is 39.5 Å². The summed E-state index contributed by atoms with van der Waals surface area (Å²) in [5, 5.41) is 10.3. The Balaban J connectivity index is 1.96. The van der Waals surface area contributed by atoms with Crippen LogP contribution in [0.25, 0.3) is 5.57 Å². The van der Waals surface area contributed by atoms with Gasteiger partial charge in [0, 0.05) is 42.8 Å². The Morgan fingerprint density at radius 2 is 2.17 bits per heavy atom. The highest BCUT2D eigenvalue weighted by Gasteiger charge is 2.29. The zero-order valence-corrected chi connectivity index (χ0v) is 17.0. The molecule has 7 heteroatoms. The van der Waals surface area contributed by atoms with Crippen LogP contribution in [0.4, 0.5) is 4.39 Å². The van der Waals surface area contributed by atoms with E-state index in [2.05, 4.69) is 9.98 Å². The summed E-state index contributed by atoms with van der Waals surface area (Å²) < 4.78 is 15.1. The molecule has 0 bridgehead atoms. The van der Waals surface area contributed by atoms with Crippen molar-refractivity contribution >= 4 is 17.7 Å². The molecule has 0 atom stereocenters. The van der Waals surface area contributed by atoms with E-state index in [0.717, 1.165) is 0 Å². The maximum absolute atomic E-state index is 15.1.